The Kier molecular flexibility index (Phi) is 6.01. The smallest absolute Gasteiger partial charge is 0.153 e. The maximum Gasteiger partial charge on any atom is 0.153 e. The van der Waals surface area contributed by atoms with Gasteiger partial charge in [-0.2, -0.15) is 5.10 Å². The molecule has 0 amide bonds. The summed E-state index contributed by atoms with van der Waals surface area (Å²) in [5.74, 6) is 1.37. The Hall–Kier alpha value is -1.69. The maximum absolute atomic E-state index is 6.06. The Bertz CT molecular complexity index is 644. The normalized spacial score (nSPS) is 15.5. The van der Waals surface area contributed by atoms with E-state index in [9.17, 15) is 0 Å². The molecule has 2 aromatic heterocycles. The van der Waals surface area contributed by atoms with Gasteiger partial charge in [0.1, 0.15) is 16.9 Å². The second-order valence-corrected chi connectivity index (χ2v) is 6.88. The minimum absolute atomic E-state index is 0.527. The number of nitrogens with zero attached hydrogens (tertiary/aromatic N) is 4. The molecule has 1 saturated heterocycles. The molecule has 1 aliphatic heterocycles. The number of aromatic amines is 1. The fourth-order valence-corrected chi connectivity index (χ4v) is 3.45. The van der Waals surface area contributed by atoms with E-state index in [1.54, 1.807) is 0 Å². The predicted octanol–water partition coefficient (Wildman–Crippen LogP) is 3.09. The molecule has 0 aliphatic carbocycles. The number of likely N-dealkylation sites (tertiary alicyclic amines) is 1. The monoisotopic (exact) mass is 330 g/mol. The molecule has 3 heterocycles. The number of hydrogen-bond donors (Lipinski definition) is 2. The van der Waals surface area contributed by atoms with Crippen LogP contribution in [0.5, 0.6) is 0 Å². The van der Waals surface area contributed by atoms with Gasteiger partial charge < -0.3 is 10.6 Å². The van der Waals surface area contributed by atoms with Crippen LogP contribution in [0.3, 0.4) is 0 Å². The Morgan fingerprint density at radius 1 is 1.04 bits per heavy atom. The number of aryl methyl sites for hydroxylation is 2. The Labute approximate surface area is 144 Å². The van der Waals surface area contributed by atoms with Gasteiger partial charge in [0.15, 0.2) is 5.82 Å². The summed E-state index contributed by atoms with van der Waals surface area (Å²) in [7, 11) is 0. The number of nitrogens with one attached hydrogen (secondary N) is 1. The van der Waals surface area contributed by atoms with Crippen LogP contribution in [0.25, 0.3) is 11.0 Å². The van der Waals surface area contributed by atoms with E-state index in [1.165, 1.54) is 45.3 Å². The lowest BCUT2D eigenvalue weighted by molar-refractivity contribution is 0.328. The number of nitrogen functional groups attached to an aromatic ring is 1. The van der Waals surface area contributed by atoms with E-state index in [4.69, 9.17) is 10.7 Å². The summed E-state index contributed by atoms with van der Waals surface area (Å²) in [6.07, 6.45) is 10.5. The molecule has 3 N–H and O–H groups in total. The largest absolute Gasteiger partial charge is 0.382 e. The molecule has 0 unspecified atom stereocenters. The molecule has 0 atom stereocenters. The molecule has 0 saturated carbocycles. The third kappa shape index (κ3) is 4.23. The average Bonchev–Trinajstić information content (AvgIpc) is 3.23. The minimum atomic E-state index is 0.527. The van der Waals surface area contributed by atoms with E-state index in [-0.39, 0.29) is 0 Å². The fourth-order valence-electron chi connectivity index (χ4n) is 3.45. The molecule has 0 aromatic carbocycles. The van der Waals surface area contributed by atoms with Crippen LogP contribution in [0, 0.1) is 0 Å². The van der Waals surface area contributed by atoms with E-state index in [0.29, 0.717) is 5.82 Å². The van der Waals surface area contributed by atoms with Gasteiger partial charge in [-0.3, -0.25) is 5.10 Å². The molecule has 1 aliphatic rings. The lowest BCUT2D eigenvalue weighted by Gasteiger charge is -2.13. The highest BCUT2D eigenvalue weighted by Gasteiger charge is 2.13. The van der Waals surface area contributed by atoms with Crippen molar-refractivity contribution in [2.24, 2.45) is 0 Å². The number of anilines is 1. The van der Waals surface area contributed by atoms with Gasteiger partial charge in [-0.15, -0.1) is 0 Å². The van der Waals surface area contributed by atoms with Crippen LogP contribution >= 0.6 is 0 Å². The van der Waals surface area contributed by atoms with Crippen molar-refractivity contribution in [3.8, 4) is 0 Å². The first-order valence-corrected chi connectivity index (χ1v) is 9.49. The highest BCUT2D eigenvalue weighted by atomic mass is 15.2. The molecule has 1 fully saturated rings. The van der Waals surface area contributed by atoms with Crippen LogP contribution in [0.2, 0.25) is 0 Å². The highest BCUT2D eigenvalue weighted by Crippen LogP contribution is 2.21. The summed E-state index contributed by atoms with van der Waals surface area (Å²) in [6, 6.07) is 0. The van der Waals surface area contributed by atoms with Crippen LogP contribution in [-0.2, 0) is 12.8 Å². The van der Waals surface area contributed by atoms with Crippen LogP contribution < -0.4 is 5.73 Å². The first-order valence-electron chi connectivity index (χ1n) is 9.49. The summed E-state index contributed by atoms with van der Waals surface area (Å²) in [4.78, 5) is 11.7. The first-order chi connectivity index (χ1) is 11.8. The Balaban J connectivity index is 1.54. The van der Waals surface area contributed by atoms with E-state index >= 15 is 0 Å². The average molecular weight is 330 g/mol. The number of nitrogens with two attached hydrogens (primary N) is 1. The van der Waals surface area contributed by atoms with Crippen molar-refractivity contribution in [2.45, 2.75) is 64.7 Å². The number of unbranched alkanes of at least 4 members (excludes halogenated alkanes) is 3. The molecule has 24 heavy (non-hydrogen) atoms. The van der Waals surface area contributed by atoms with Gasteiger partial charge in [0.2, 0.25) is 0 Å². The zero-order chi connectivity index (χ0) is 16.8. The van der Waals surface area contributed by atoms with Crippen molar-refractivity contribution >= 4 is 16.9 Å². The van der Waals surface area contributed by atoms with Crippen molar-refractivity contribution in [1.82, 2.24) is 25.1 Å². The maximum atomic E-state index is 6.06. The number of aromatic nitrogens is 4. The molecule has 0 spiro atoms. The third-order valence-corrected chi connectivity index (χ3v) is 4.90. The van der Waals surface area contributed by atoms with Crippen LogP contribution in [-0.4, -0.2) is 44.7 Å². The highest BCUT2D eigenvalue weighted by molar-refractivity contribution is 5.85. The number of rotatable bonds is 9. The van der Waals surface area contributed by atoms with Crippen LogP contribution in [0.15, 0.2) is 0 Å². The lowest BCUT2D eigenvalue weighted by atomic mass is 10.1. The number of H-pyrrole nitrogens is 1. The van der Waals surface area contributed by atoms with Gasteiger partial charge >= 0.3 is 0 Å². The summed E-state index contributed by atoms with van der Waals surface area (Å²) >= 11 is 0. The van der Waals surface area contributed by atoms with Crippen molar-refractivity contribution in [3.05, 3.63) is 11.5 Å². The Morgan fingerprint density at radius 3 is 2.67 bits per heavy atom. The van der Waals surface area contributed by atoms with Crippen molar-refractivity contribution in [3.63, 3.8) is 0 Å². The van der Waals surface area contributed by atoms with Crippen molar-refractivity contribution in [2.75, 3.05) is 25.4 Å². The molecule has 3 rings (SSSR count). The summed E-state index contributed by atoms with van der Waals surface area (Å²) < 4.78 is 0. The first kappa shape index (κ1) is 17.1. The minimum Gasteiger partial charge on any atom is -0.382 e. The zero-order valence-corrected chi connectivity index (χ0v) is 14.9. The van der Waals surface area contributed by atoms with Crippen LogP contribution in [0.4, 0.5) is 5.82 Å². The zero-order valence-electron chi connectivity index (χ0n) is 14.9. The summed E-state index contributed by atoms with van der Waals surface area (Å²) in [5, 5.41) is 7.45. The van der Waals surface area contributed by atoms with E-state index < -0.39 is 0 Å². The summed E-state index contributed by atoms with van der Waals surface area (Å²) in [5.41, 5.74) is 8.82. The van der Waals surface area contributed by atoms with Crippen LogP contribution in [0.1, 0.15) is 63.4 Å². The topological polar surface area (TPSA) is 83.7 Å². The van der Waals surface area contributed by atoms with Crippen molar-refractivity contribution in [1.29, 1.82) is 0 Å². The van der Waals surface area contributed by atoms with E-state index in [1.807, 2.05) is 0 Å². The number of fused-ring (bicyclic) bond motifs is 1. The van der Waals surface area contributed by atoms with Gasteiger partial charge in [-0.05, 0) is 58.2 Å². The molecular formula is C18H30N6. The van der Waals surface area contributed by atoms with Gasteiger partial charge in [0.05, 0.1) is 5.69 Å². The molecule has 0 bridgehead atoms. The molecule has 6 heteroatoms. The second-order valence-electron chi connectivity index (χ2n) is 6.88. The fraction of sp³-hybridized carbons (Fsp3) is 0.722. The summed E-state index contributed by atoms with van der Waals surface area (Å²) in [6.45, 7) is 6.01. The second kappa shape index (κ2) is 8.42. The van der Waals surface area contributed by atoms with E-state index in [2.05, 4.69) is 27.0 Å². The number of hydrogen-bond acceptors (Lipinski definition) is 5. The lowest BCUT2D eigenvalue weighted by Crippen LogP contribution is -2.20. The molecule has 0 radical (unpaired) electrons. The molecule has 132 valence electrons. The Morgan fingerprint density at radius 2 is 1.88 bits per heavy atom. The standard InChI is InChI=1S/C18H30N6/c1-2-3-10-15-20-16-14(22-23-17(16)18(19)21-15)9-5-4-6-11-24-12-7-8-13-24/h2-13H2,1H3,(H,22,23)(H2,19,20,21). The van der Waals surface area contributed by atoms with Gasteiger partial charge in [-0.25, -0.2) is 9.97 Å². The van der Waals surface area contributed by atoms with Gasteiger partial charge in [-0.1, -0.05) is 19.8 Å². The quantitative estimate of drug-likeness (QED) is 0.690. The van der Waals surface area contributed by atoms with Gasteiger partial charge in [0, 0.05) is 6.42 Å². The SMILES string of the molecule is CCCCc1nc(N)c2[nH]nc(CCCCCN3CCCC3)c2n1. The third-order valence-electron chi connectivity index (χ3n) is 4.90. The molecule has 2 aromatic rings. The predicted molar refractivity (Wildman–Crippen MR) is 97.9 cm³/mol. The van der Waals surface area contributed by atoms with Gasteiger partial charge in [0.25, 0.3) is 0 Å². The molecule has 6 nitrogen and oxygen atoms in total. The van der Waals surface area contributed by atoms with E-state index in [0.717, 1.165) is 54.7 Å². The van der Waals surface area contributed by atoms with Crippen molar-refractivity contribution < 1.29 is 0 Å². The molecular weight excluding hydrogens is 300 g/mol.